The van der Waals surface area contributed by atoms with Gasteiger partial charge in [0.15, 0.2) is 0 Å². The van der Waals surface area contributed by atoms with Gasteiger partial charge in [-0.3, -0.25) is 4.79 Å². The molecular formula is C17H17BrClNO. The van der Waals surface area contributed by atoms with E-state index in [9.17, 15) is 4.79 Å². The monoisotopic (exact) mass is 365 g/mol. The van der Waals surface area contributed by atoms with Gasteiger partial charge in [-0.25, -0.2) is 0 Å². The van der Waals surface area contributed by atoms with Gasteiger partial charge in [-0.2, -0.15) is 0 Å². The quantitative estimate of drug-likeness (QED) is 0.805. The first kappa shape index (κ1) is 16.1. The number of nitrogens with one attached hydrogen (secondary N) is 1. The summed E-state index contributed by atoms with van der Waals surface area (Å²) in [6.07, 6.45) is 1.85. The number of aryl methyl sites for hydroxylation is 1. The van der Waals surface area contributed by atoms with Gasteiger partial charge in [-0.05, 0) is 43.5 Å². The van der Waals surface area contributed by atoms with Gasteiger partial charge in [0, 0.05) is 21.1 Å². The van der Waals surface area contributed by atoms with Crippen LogP contribution < -0.4 is 5.32 Å². The van der Waals surface area contributed by atoms with Crippen molar-refractivity contribution in [3.05, 3.63) is 69.2 Å². The fraction of sp³-hybridized carbons (Fsp3) is 0.235. The number of carbonyl (C=O) groups is 1. The van der Waals surface area contributed by atoms with E-state index in [4.69, 9.17) is 11.6 Å². The standard InChI is InChI=1S/C17H17BrClNO/c1-12(7-8-13-5-3-2-4-6-13)20-17(21)14-9-15(18)11-16(19)10-14/h2-6,9-12H,7-8H2,1H3,(H,20,21). The van der Waals surface area contributed by atoms with Crippen molar-refractivity contribution in [1.82, 2.24) is 5.32 Å². The third-order valence-corrected chi connectivity index (χ3v) is 3.89. The van der Waals surface area contributed by atoms with E-state index in [1.807, 2.05) is 25.1 Å². The van der Waals surface area contributed by atoms with E-state index in [1.165, 1.54) is 5.56 Å². The summed E-state index contributed by atoms with van der Waals surface area (Å²) in [5, 5.41) is 3.55. The summed E-state index contributed by atoms with van der Waals surface area (Å²) in [5.41, 5.74) is 1.85. The first-order chi connectivity index (χ1) is 10.0. The van der Waals surface area contributed by atoms with Gasteiger partial charge in [0.25, 0.3) is 5.91 Å². The molecule has 1 N–H and O–H groups in total. The maximum absolute atomic E-state index is 12.2. The van der Waals surface area contributed by atoms with Gasteiger partial charge in [-0.15, -0.1) is 0 Å². The molecule has 2 nitrogen and oxygen atoms in total. The van der Waals surface area contributed by atoms with Crippen LogP contribution in [-0.4, -0.2) is 11.9 Å². The zero-order valence-corrected chi connectivity index (χ0v) is 14.1. The van der Waals surface area contributed by atoms with Crippen LogP contribution in [0.3, 0.4) is 0 Å². The van der Waals surface area contributed by atoms with E-state index in [2.05, 4.69) is 33.4 Å². The van der Waals surface area contributed by atoms with Crippen LogP contribution in [0, 0.1) is 0 Å². The van der Waals surface area contributed by atoms with E-state index in [-0.39, 0.29) is 11.9 Å². The van der Waals surface area contributed by atoms with Crippen LogP contribution in [0.2, 0.25) is 5.02 Å². The molecule has 0 heterocycles. The predicted octanol–water partition coefficient (Wildman–Crippen LogP) is 4.85. The highest BCUT2D eigenvalue weighted by Crippen LogP contribution is 2.19. The average molecular weight is 367 g/mol. The summed E-state index contributed by atoms with van der Waals surface area (Å²) >= 11 is 9.31. The van der Waals surface area contributed by atoms with Crippen LogP contribution in [-0.2, 0) is 6.42 Å². The smallest absolute Gasteiger partial charge is 0.251 e. The van der Waals surface area contributed by atoms with Crippen molar-refractivity contribution in [2.45, 2.75) is 25.8 Å². The molecule has 0 aliphatic rings. The Balaban J connectivity index is 1.90. The SMILES string of the molecule is CC(CCc1ccccc1)NC(=O)c1cc(Cl)cc(Br)c1. The highest BCUT2D eigenvalue weighted by Gasteiger charge is 2.11. The Morgan fingerprint density at radius 1 is 1.24 bits per heavy atom. The van der Waals surface area contributed by atoms with E-state index < -0.39 is 0 Å². The molecule has 0 bridgehead atoms. The van der Waals surface area contributed by atoms with E-state index in [0.717, 1.165) is 17.3 Å². The number of hydrogen-bond donors (Lipinski definition) is 1. The van der Waals surface area contributed by atoms with Crippen LogP contribution in [0.15, 0.2) is 53.0 Å². The predicted molar refractivity (Wildman–Crippen MR) is 90.8 cm³/mol. The normalized spacial score (nSPS) is 12.0. The van der Waals surface area contributed by atoms with Gasteiger partial charge in [-0.1, -0.05) is 57.9 Å². The topological polar surface area (TPSA) is 29.1 Å². The van der Waals surface area contributed by atoms with Crippen molar-refractivity contribution in [2.75, 3.05) is 0 Å². The summed E-state index contributed by atoms with van der Waals surface area (Å²) in [5.74, 6) is -0.0984. The zero-order valence-electron chi connectivity index (χ0n) is 11.8. The van der Waals surface area contributed by atoms with Gasteiger partial charge in [0.1, 0.15) is 0 Å². The third kappa shape index (κ3) is 5.18. The fourth-order valence-electron chi connectivity index (χ4n) is 2.09. The molecule has 0 aromatic heterocycles. The van der Waals surface area contributed by atoms with Crippen LogP contribution in [0.4, 0.5) is 0 Å². The fourth-order valence-corrected chi connectivity index (χ4v) is 2.95. The second-order valence-corrected chi connectivity index (χ2v) is 6.41. The van der Waals surface area contributed by atoms with E-state index in [1.54, 1.807) is 18.2 Å². The highest BCUT2D eigenvalue weighted by molar-refractivity contribution is 9.10. The van der Waals surface area contributed by atoms with Crippen LogP contribution in [0.25, 0.3) is 0 Å². The van der Waals surface area contributed by atoms with Crippen molar-refractivity contribution < 1.29 is 4.79 Å². The largest absolute Gasteiger partial charge is 0.350 e. The molecule has 0 saturated carbocycles. The molecule has 0 radical (unpaired) electrons. The lowest BCUT2D eigenvalue weighted by Gasteiger charge is -2.14. The molecule has 0 fully saturated rings. The Hall–Kier alpha value is -1.32. The van der Waals surface area contributed by atoms with E-state index in [0.29, 0.717) is 10.6 Å². The van der Waals surface area contributed by atoms with Gasteiger partial charge in [0.05, 0.1) is 0 Å². The molecule has 2 aromatic carbocycles. The molecule has 1 unspecified atom stereocenters. The molecule has 1 atom stereocenters. The van der Waals surface area contributed by atoms with Crippen LogP contribution in [0.5, 0.6) is 0 Å². The molecule has 0 aliphatic heterocycles. The molecule has 0 saturated heterocycles. The Bertz CT molecular complexity index is 595. The minimum absolute atomic E-state index is 0.0984. The van der Waals surface area contributed by atoms with E-state index >= 15 is 0 Å². The lowest BCUT2D eigenvalue weighted by atomic mass is 10.1. The molecule has 4 heteroatoms. The zero-order chi connectivity index (χ0) is 15.2. The summed E-state index contributed by atoms with van der Waals surface area (Å²) in [6.45, 7) is 2.01. The minimum atomic E-state index is -0.0984. The van der Waals surface area contributed by atoms with Crippen LogP contribution in [0.1, 0.15) is 29.3 Å². The number of benzene rings is 2. The molecular weight excluding hydrogens is 350 g/mol. The molecule has 110 valence electrons. The van der Waals surface area contributed by atoms with Gasteiger partial charge >= 0.3 is 0 Å². The lowest BCUT2D eigenvalue weighted by molar-refractivity contribution is 0.0938. The first-order valence-corrected chi connectivity index (χ1v) is 8.02. The van der Waals surface area contributed by atoms with Crippen molar-refractivity contribution in [3.8, 4) is 0 Å². The Morgan fingerprint density at radius 2 is 1.95 bits per heavy atom. The molecule has 1 amide bonds. The second kappa shape index (κ2) is 7.62. The maximum Gasteiger partial charge on any atom is 0.251 e. The number of amides is 1. The highest BCUT2D eigenvalue weighted by atomic mass is 79.9. The number of carbonyl (C=O) groups excluding carboxylic acids is 1. The minimum Gasteiger partial charge on any atom is -0.350 e. The van der Waals surface area contributed by atoms with Crippen molar-refractivity contribution in [3.63, 3.8) is 0 Å². The van der Waals surface area contributed by atoms with Crippen molar-refractivity contribution >= 4 is 33.4 Å². The van der Waals surface area contributed by atoms with Gasteiger partial charge in [0.2, 0.25) is 0 Å². The molecule has 2 aromatic rings. The second-order valence-electron chi connectivity index (χ2n) is 5.06. The first-order valence-electron chi connectivity index (χ1n) is 6.85. The lowest BCUT2D eigenvalue weighted by Crippen LogP contribution is -2.32. The summed E-state index contributed by atoms with van der Waals surface area (Å²) in [4.78, 5) is 12.2. The maximum atomic E-state index is 12.2. The van der Waals surface area contributed by atoms with Crippen molar-refractivity contribution in [2.24, 2.45) is 0 Å². The molecule has 0 spiro atoms. The van der Waals surface area contributed by atoms with Gasteiger partial charge < -0.3 is 5.32 Å². The summed E-state index contributed by atoms with van der Waals surface area (Å²) in [7, 11) is 0. The molecule has 0 aliphatic carbocycles. The molecule has 21 heavy (non-hydrogen) atoms. The third-order valence-electron chi connectivity index (χ3n) is 3.21. The Kier molecular flexibility index (Phi) is 5.83. The Morgan fingerprint density at radius 3 is 2.62 bits per heavy atom. The van der Waals surface area contributed by atoms with Crippen molar-refractivity contribution in [1.29, 1.82) is 0 Å². The average Bonchev–Trinajstić information content (AvgIpc) is 2.45. The van der Waals surface area contributed by atoms with Crippen LogP contribution >= 0.6 is 27.5 Å². The number of halogens is 2. The molecule has 2 rings (SSSR count). The number of rotatable bonds is 5. The summed E-state index contributed by atoms with van der Waals surface area (Å²) in [6, 6.07) is 15.6. The Labute approximate surface area is 138 Å². The summed E-state index contributed by atoms with van der Waals surface area (Å²) < 4.78 is 0.803. The number of hydrogen-bond acceptors (Lipinski definition) is 1.